The van der Waals surface area contributed by atoms with Gasteiger partial charge in [-0.3, -0.25) is 9.59 Å². The minimum absolute atomic E-state index is 0.531. The largest absolute Gasteiger partial charge is 0.420 e. The van der Waals surface area contributed by atoms with Gasteiger partial charge < -0.3 is 10.0 Å². The molecule has 1 saturated heterocycles. The van der Waals surface area contributed by atoms with Gasteiger partial charge in [-0.25, -0.2) is 0 Å². The van der Waals surface area contributed by atoms with Crippen molar-refractivity contribution in [3.05, 3.63) is 0 Å². The lowest BCUT2D eigenvalue weighted by Crippen LogP contribution is -2.70. The highest BCUT2D eigenvalue weighted by atomic mass is 35.5. The highest BCUT2D eigenvalue weighted by Crippen LogP contribution is 2.37. The molecule has 0 aliphatic carbocycles. The van der Waals surface area contributed by atoms with E-state index in [2.05, 4.69) is 0 Å². The normalized spacial score (nSPS) is 20.2. The Hall–Kier alpha value is -0.820. The van der Waals surface area contributed by atoms with Crippen molar-refractivity contribution < 1.29 is 27.9 Å². The standard InChI is InChI=1S/C6H5ClF3NO3/c7-3(12)4(13)11-1-5(14,2-11)6(8,9)10/h14H,1-2H2. The molecule has 0 saturated carbocycles. The fraction of sp³-hybridized carbons (Fsp3) is 0.667. The lowest BCUT2D eigenvalue weighted by atomic mass is 9.93. The molecular formula is C6H5ClF3NO3. The quantitative estimate of drug-likeness (QED) is 0.506. The smallest absolute Gasteiger partial charge is 0.378 e. The van der Waals surface area contributed by atoms with Crippen LogP contribution >= 0.6 is 11.6 Å². The molecular weight excluding hydrogens is 227 g/mol. The third-order valence-electron chi connectivity index (χ3n) is 1.89. The number of hydrogen-bond donors (Lipinski definition) is 1. The maximum Gasteiger partial charge on any atom is 0.420 e. The third kappa shape index (κ3) is 1.69. The van der Waals surface area contributed by atoms with Crippen LogP contribution in [0.5, 0.6) is 0 Å². The van der Waals surface area contributed by atoms with E-state index in [-0.39, 0.29) is 0 Å². The highest BCUT2D eigenvalue weighted by Gasteiger charge is 2.62. The first-order valence-electron chi connectivity index (χ1n) is 3.45. The Morgan fingerprint density at radius 2 is 1.79 bits per heavy atom. The van der Waals surface area contributed by atoms with Crippen LogP contribution in [0.4, 0.5) is 13.2 Å². The van der Waals surface area contributed by atoms with Crippen LogP contribution in [0, 0.1) is 0 Å². The molecule has 0 unspecified atom stereocenters. The fourth-order valence-electron chi connectivity index (χ4n) is 1.03. The van der Waals surface area contributed by atoms with E-state index in [1.54, 1.807) is 0 Å². The lowest BCUT2D eigenvalue weighted by molar-refractivity contribution is -0.296. The van der Waals surface area contributed by atoms with Crippen molar-refractivity contribution in [2.75, 3.05) is 13.1 Å². The molecule has 1 aliphatic rings. The van der Waals surface area contributed by atoms with Crippen molar-refractivity contribution in [1.29, 1.82) is 0 Å². The van der Waals surface area contributed by atoms with Gasteiger partial charge in [-0.05, 0) is 11.6 Å². The summed E-state index contributed by atoms with van der Waals surface area (Å²) < 4.78 is 36.1. The average molecular weight is 232 g/mol. The molecule has 0 bridgehead atoms. The van der Waals surface area contributed by atoms with Crippen LogP contribution in [0.3, 0.4) is 0 Å². The highest BCUT2D eigenvalue weighted by molar-refractivity contribution is 6.80. The zero-order valence-electron chi connectivity index (χ0n) is 6.64. The van der Waals surface area contributed by atoms with Gasteiger partial charge in [-0.2, -0.15) is 13.2 Å². The van der Waals surface area contributed by atoms with Gasteiger partial charge in [0.1, 0.15) is 0 Å². The van der Waals surface area contributed by atoms with Gasteiger partial charge in [0.05, 0.1) is 13.1 Å². The van der Waals surface area contributed by atoms with E-state index in [9.17, 15) is 22.8 Å². The molecule has 1 fully saturated rings. The van der Waals surface area contributed by atoms with Crippen LogP contribution in [0.15, 0.2) is 0 Å². The number of likely N-dealkylation sites (tertiary alicyclic amines) is 1. The number of rotatable bonds is 1. The Kier molecular flexibility index (Phi) is 2.49. The van der Waals surface area contributed by atoms with Gasteiger partial charge in [-0.15, -0.1) is 0 Å². The predicted octanol–water partition coefficient (Wildman–Crippen LogP) is -0.113. The molecule has 0 radical (unpaired) electrons. The topological polar surface area (TPSA) is 57.6 Å². The van der Waals surface area contributed by atoms with Crippen LogP contribution in [0.25, 0.3) is 0 Å². The van der Waals surface area contributed by atoms with Crippen molar-refractivity contribution in [3.63, 3.8) is 0 Å². The van der Waals surface area contributed by atoms with Crippen LogP contribution in [0.2, 0.25) is 0 Å². The molecule has 0 spiro atoms. The summed E-state index contributed by atoms with van der Waals surface area (Å²) in [6.45, 7) is -1.90. The minimum atomic E-state index is -4.81. The van der Waals surface area contributed by atoms with Gasteiger partial charge >= 0.3 is 17.3 Å². The Morgan fingerprint density at radius 3 is 2.07 bits per heavy atom. The zero-order chi connectivity index (χ0) is 11.1. The van der Waals surface area contributed by atoms with E-state index in [4.69, 9.17) is 16.7 Å². The van der Waals surface area contributed by atoms with Crippen molar-refractivity contribution in [2.24, 2.45) is 0 Å². The van der Waals surface area contributed by atoms with Crippen LogP contribution in [-0.2, 0) is 9.59 Å². The van der Waals surface area contributed by atoms with E-state index in [0.29, 0.717) is 4.90 Å². The molecule has 8 heteroatoms. The van der Waals surface area contributed by atoms with Crippen LogP contribution in [-0.4, -0.2) is 46.0 Å². The molecule has 4 nitrogen and oxygen atoms in total. The summed E-state index contributed by atoms with van der Waals surface area (Å²) in [4.78, 5) is 21.5. The molecule has 0 atom stereocenters. The number of β-amino-alcohol motifs (C(OH)–C–C–N with tert-alkyl or cyclic N) is 1. The number of alkyl halides is 3. The second-order valence-corrected chi connectivity index (χ2v) is 3.31. The minimum Gasteiger partial charge on any atom is -0.378 e. The van der Waals surface area contributed by atoms with Crippen LogP contribution < -0.4 is 0 Å². The van der Waals surface area contributed by atoms with E-state index in [0.717, 1.165) is 0 Å². The van der Waals surface area contributed by atoms with Crippen molar-refractivity contribution in [2.45, 2.75) is 11.8 Å². The van der Waals surface area contributed by atoms with E-state index < -0.39 is 36.0 Å². The summed E-state index contributed by atoms with van der Waals surface area (Å²) in [7, 11) is 0. The first-order valence-corrected chi connectivity index (χ1v) is 3.83. The summed E-state index contributed by atoms with van der Waals surface area (Å²) in [5, 5.41) is 7.51. The van der Waals surface area contributed by atoms with Gasteiger partial charge in [-0.1, -0.05) is 0 Å². The number of carbonyl (C=O) groups is 2. The summed E-state index contributed by atoms with van der Waals surface area (Å²) in [5.41, 5.74) is -2.91. The second-order valence-electron chi connectivity index (χ2n) is 2.96. The van der Waals surface area contributed by atoms with E-state index in [1.807, 2.05) is 0 Å². The number of hydrogen-bond acceptors (Lipinski definition) is 3. The van der Waals surface area contributed by atoms with Crippen LogP contribution in [0.1, 0.15) is 0 Å². The fourth-order valence-corrected chi connectivity index (χ4v) is 1.15. The molecule has 1 heterocycles. The molecule has 1 aliphatic heterocycles. The molecule has 1 amide bonds. The van der Waals surface area contributed by atoms with E-state index in [1.165, 1.54) is 0 Å². The van der Waals surface area contributed by atoms with E-state index >= 15 is 0 Å². The number of amides is 1. The van der Waals surface area contributed by atoms with Gasteiger partial charge in [0, 0.05) is 0 Å². The first kappa shape index (κ1) is 11.3. The summed E-state index contributed by atoms with van der Waals surface area (Å²) in [6.07, 6.45) is -4.81. The second kappa shape index (κ2) is 3.09. The lowest BCUT2D eigenvalue weighted by Gasteiger charge is -2.46. The number of aliphatic hydroxyl groups is 1. The Balaban J connectivity index is 2.60. The summed E-state index contributed by atoms with van der Waals surface area (Å²) in [5.74, 6) is -1.24. The van der Waals surface area contributed by atoms with Crippen molar-refractivity contribution in [3.8, 4) is 0 Å². The number of nitrogens with zero attached hydrogens (tertiary/aromatic N) is 1. The third-order valence-corrected chi connectivity index (χ3v) is 2.05. The molecule has 1 rings (SSSR count). The predicted molar refractivity (Wildman–Crippen MR) is 38.4 cm³/mol. The number of carbonyl (C=O) groups excluding carboxylic acids is 2. The number of halogens is 4. The molecule has 80 valence electrons. The molecule has 14 heavy (non-hydrogen) atoms. The summed E-state index contributed by atoms with van der Waals surface area (Å²) in [6, 6.07) is 0. The SMILES string of the molecule is O=C(Cl)C(=O)N1CC(O)(C(F)(F)F)C1. The maximum absolute atomic E-state index is 12.0. The Labute approximate surface area is 81.2 Å². The zero-order valence-corrected chi connectivity index (χ0v) is 7.39. The molecule has 0 aromatic carbocycles. The summed E-state index contributed by atoms with van der Waals surface area (Å²) >= 11 is 4.75. The Morgan fingerprint density at radius 1 is 1.36 bits per heavy atom. The monoisotopic (exact) mass is 231 g/mol. The van der Waals surface area contributed by atoms with Gasteiger partial charge in [0.25, 0.3) is 0 Å². The van der Waals surface area contributed by atoms with Gasteiger partial charge in [0.15, 0.2) is 5.60 Å². The maximum atomic E-state index is 12.0. The Bertz CT molecular complexity index is 285. The van der Waals surface area contributed by atoms with Crippen molar-refractivity contribution >= 4 is 22.8 Å². The van der Waals surface area contributed by atoms with Gasteiger partial charge in [0.2, 0.25) is 0 Å². The molecule has 1 N–H and O–H groups in total. The molecule has 0 aromatic heterocycles. The molecule has 0 aromatic rings. The first-order chi connectivity index (χ1) is 6.17. The average Bonchev–Trinajstić information content (AvgIpc) is 1.94. The van der Waals surface area contributed by atoms with Crippen molar-refractivity contribution in [1.82, 2.24) is 4.90 Å².